The first kappa shape index (κ1) is 15.4. The second-order valence-electron chi connectivity index (χ2n) is 6.28. The summed E-state index contributed by atoms with van der Waals surface area (Å²) in [5.74, 6) is -0.0312. The van der Waals surface area contributed by atoms with Gasteiger partial charge in [-0.15, -0.1) is 0 Å². The Hall–Kier alpha value is -2.49. The van der Waals surface area contributed by atoms with Gasteiger partial charge in [-0.1, -0.05) is 37.3 Å². The van der Waals surface area contributed by atoms with Crippen LogP contribution in [0.2, 0.25) is 0 Å². The predicted molar refractivity (Wildman–Crippen MR) is 91.3 cm³/mol. The lowest BCUT2D eigenvalue weighted by atomic mass is 9.87. The van der Waals surface area contributed by atoms with Crippen LogP contribution in [-0.2, 0) is 17.8 Å². The lowest BCUT2D eigenvalue weighted by Gasteiger charge is -2.39. The van der Waals surface area contributed by atoms with Crippen molar-refractivity contribution in [1.82, 2.24) is 0 Å². The Labute approximate surface area is 136 Å². The molecule has 1 heterocycles. The van der Waals surface area contributed by atoms with E-state index in [4.69, 9.17) is 5.73 Å². The molecule has 0 aliphatic carbocycles. The summed E-state index contributed by atoms with van der Waals surface area (Å²) in [4.78, 5) is 14.0. The minimum atomic E-state index is -0.322. The molecular weight excluding hydrogens is 288 g/mol. The van der Waals surface area contributed by atoms with Crippen LogP contribution >= 0.6 is 0 Å². The smallest absolute Gasteiger partial charge is 0.219 e. The number of nitrogens with two attached hydrogens (primary N) is 1. The van der Waals surface area contributed by atoms with Gasteiger partial charge in [0.1, 0.15) is 5.75 Å². The summed E-state index contributed by atoms with van der Waals surface area (Å²) < 4.78 is 0. The molecule has 1 atom stereocenters. The maximum atomic E-state index is 11.7. The Balaban J connectivity index is 2.03. The number of carbonyl (C=O) groups is 1. The van der Waals surface area contributed by atoms with Gasteiger partial charge < -0.3 is 15.7 Å². The first-order valence-electron chi connectivity index (χ1n) is 7.96. The third-order valence-corrected chi connectivity index (χ3v) is 4.79. The average molecular weight is 310 g/mol. The van der Waals surface area contributed by atoms with Crippen LogP contribution in [-0.4, -0.2) is 16.6 Å². The summed E-state index contributed by atoms with van der Waals surface area (Å²) in [6, 6.07) is 15.6. The minimum absolute atomic E-state index is 0.259. The zero-order chi connectivity index (χ0) is 16.4. The van der Waals surface area contributed by atoms with Gasteiger partial charge in [-0.3, -0.25) is 4.79 Å². The fourth-order valence-corrected chi connectivity index (χ4v) is 3.62. The maximum absolute atomic E-state index is 11.7. The number of fused-ring (bicyclic) bond motifs is 1. The summed E-state index contributed by atoms with van der Waals surface area (Å²) >= 11 is 0. The molecule has 2 aromatic rings. The zero-order valence-corrected chi connectivity index (χ0v) is 13.3. The summed E-state index contributed by atoms with van der Waals surface area (Å²) in [5.41, 5.74) is 8.56. The fourth-order valence-electron chi connectivity index (χ4n) is 3.62. The molecule has 1 unspecified atom stereocenters. The molecule has 23 heavy (non-hydrogen) atoms. The number of benzene rings is 2. The lowest BCUT2D eigenvalue weighted by molar-refractivity contribution is -0.119. The summed E-state index contributed by atoms with van der Waals surface area (Å²) in [7, 11) is 0. The third-order valence-electron chi connectivity index (χ3n) is 4.79. The van der Waals surface area contributed by atoms with Gasteiger partial charge in [0, 0.05) is 18.7 Å². The summed E-state index contributed by atoms with van der Waals surface area (Å²) in [6.07, 6.45) is 1.85. The van der Waals surface area contributed by atoms with Crippen LogP contribution in [0, 0.1) is 0 Å². The molecule has 0 spiro atoms. The van der Waals surface area contributed by atoms with E-state index in [2.05, 4.69) is 24.0 Å². The molecule has 3 N–H and O–H groups in total. The largest absolute Gasteiger partial charge is 0.508 e. The van der Waals surface area contributed by atoms with Gasteiger partial charge in [0.05, 0.1) is 5.54 Å². The van der Waals surface area contributed by atoms with Crippen molar-refractivity contribution in [2.45, 2.75) is 38.3 Å². The number of nitrogens with zero attached hydrogens (tertiary/aromatic N) is 1. The van der Waals surface area contributed by atoms with Gasteiger partial charge in [-0.05, 0) is 42.2 Å². The number of phenolic OH excluding ortho intramolecular Hbond substituents is 1. The molecule has 2 aromatic carbocycles. The zero-order valence-electron chi connectivity index (χ0n) is 13.3. The van der Waals surface area contributed by atoms with Crippen LogP contribution in [0.5, 0.6) is 5.75 Å². The van der Waals surface area contributed by atoms with Crippen LogP contribution in [0.15, 0.2) is 48.5 Å². The number of aromatic hydroxyl groups is 1. The van der Waals surface area contributed by atoms with Gasteiger partial charge in [-0.25, -0.2) is 0 Å². The molecule has 3 rings (SSSR count). The van der Waals surface area contributed by atoms with Crippen molar-refractivity contribution in [3.05, 3.63) is 59.7 Å². The molecule has 0 saturated heterocycles. The van der Waals surface area contributed by atoms with E-state index in [1.165, 1.54) is 5.56 Å². The van der Waals surface area contributed by atoms with E-state index in [1.807, 2.05) is 24.3 Å². The number of primary amides is 1. The third kappa shape index (κ3) is 2.89. The Morgan fingerprint density at radius 2 is 2.00 bits per heavy atom. The molecule has 0 fully saturated rings. The van der Waals surface area contributed by atoms with Crippen LogP contribution in [0.1, 0.15) is 30.9 Å². The molecule has 0 radical (unpaired) electrons. The van der Waals surface area contributed by atoms with Crippen LogP contribution < -0.4 is 10.6 Å². The minimum Gasteiger partial charge on any atom is -0.508 e. The van der Waals surface area contributed by atoms with Crippen molar-refractivity contribution in [1.29, 1.82) is 0 Å². The van der Waals surface area contributed by atoms with E-state index >= 15 is 0 Å². The van der Waals surface area contributed by atoms with Crippen molar-refractivity contribution >= 4 is 11.6 Å². The number of hydrogen-bond donors (Lipinski definition) is 2. The molecule has 4 nitrogen and oxygen atoms in total. The van der Waals surface area contributed by atoms with E-state index in [0.717, 1.165) is 30.6 Å². The number of amides is 1. The summed E-state index contributed by atoms with van der Waals surface area (Å²) in [6.45, 7) is 2.81. The molecule has 0 saturated carbocycles. The molecule has 120 valence electrons. The lowest BCUT2D eigenvalue weighted by Crippen LogP contribution is -2.48. The summed E-state index contributed by atoms with van der Waals surface area (Å²) in [5, 5.41) is 9.79. The highest BCUT2D eigenvalue weighted by atomic mass is 16.3. The van der Waals surface area contributed by atoms with Crippen molar-refractivity contribution in [2.24, 2.45) is 5.73 Å². The SMILES string of the molecule is CCC1(CC(N)=O)Cc2cc(O)ccc2N1Cc1ccccc1. The number of phenols is 1. The number of rotatable bonds is 5. The maximum Gasteiger partial charge on any atom is 0.219 e. The van der Waals surface area contributed by atoms with Crippen LogP contribution in [0.4, 0.5) is 5.69 Å². The van der Waals surface area contributed by atoms with Crippen LogP contribution in [0.25, 0.3) is 0 Å². The Morgan fingerprint density at radius 1 is 1.26 bits per heavy atom. The van der Waals surface area contributed by atoms with Gasteiger partial charge >= 0.3 is 0 Å². The van der Waals surface area contributed by atoms with Crippen molar-refractivity contribution in [3.63, 3.8) is 0 Å². The van der Waals surface area contributed by atoms with E-state index in [9.17, 15) is 9.90 Å². The second kappa shape index (κ2) is 5.95. The van der Waals surface area contributed by atoms with Gasteiger partial charge in [0.15, 0.2) is 0 Å². The topological polar surface area (TPSA) is 66.6 Å². The Bertz CT molecular complexity index is 715. The predicted octanol–water partition coefficient (Wildman–Crippen LogP) is 2.98. The quantitative estimate of drug-likeness (QED) is 0.892. The molecular formula is C19H22N2O2. The number of anilines is 1. The van der Waals surface area contributed by atoms with E-state index in [0.29, 0.717) is 6.42 Å². The molecule has 1 aliphatic heterocycles. The van der Waals surface area contributed by atoms with Crippen molar-refractivity contribution in [3.8, 4) is 5.75 Å². The first-order chi connectivity index (χ1) is 11.0. The van der Waals surface area contributed by atoms with Gasteiger partial charge in [0.2, 0.25) is 5.91 Å². The molecule has 1 amide bonds. The normalized spacial score (nSPS) is 19.6. The fraction of sp³-hybridized carbons (Fsp3) is 0.316. The van der Waals surface area contributed by atoms with Crippen LogP contribution in [0.3, 0.4) is 0 Å². The molecule has 0 bridgehead atoms. The average Bonchev–Trinajstić information content (AvgIpc) is 2.81. The number of hydrogen-bond acceptors (Lipinski definition) is 3. The monoisotopic (exact) mass is 310 g/mol. The van der Waals surface area contributed by atoms with E-state index < -0.39 is 0 Å². The van der Waals surface area contributed by atoms with Crippen molar-refractivity contribution < 1.29 is 9.90 Å². The Kier molecular flexibility index (Phi) is 3.99. The van der Waals surface area contributed by atoms with Gasteiger partial charge in [-0.2, -0.15) is 0 Å². The Morgan fingerprint density at radius 3 is 2.65 bits per heavy atom. The highest BCUT2D eigenvalue weighted by Crippen LogP contribution is 2.44. The van der Waals surface area contributed by atoms with Crippen molar-refractivity contribution in [2.75, 3.05) is 4.90 Å². The second-order valence-corrected chi connectivity index (χ2v) is 6.28. The molecule has 1 aliphatic rings. The van der Waals surface area contributed by atoms with E-state index in [1.54, 1.807) is 12.1 Å². The first-order valence-corrected chi connectivity index (χ1v) is 7.96. The van der Waals surface area contributed by atoms with Gasteiger partial charge in [0.25, 0.3) is 0 Å². The highest BCUT2D eigenvalue weighted by molar-refractivity contribution is 5.78. The van der Waals surface area contributed by atoms with E-state index in [-0.39, 0.29) is 17.2 Å². The standard InChI is InChI=1S/C19H22N2O2/c1-2-19(12-18(20)23)11-15-10-16(22)8-9-17(15)21(19)13-14-6-4-3-5-7-14/h3-10,22H,2,11-13H2,1H3,(H2,20,23). The molecule has 4 heteroatoms. The number of carbonyl (C=O) groups excluding carboxylic acids is 1. The highest BCUT2D eigenvalue weighted by Gasteiger charge is 2.43. The molecule has 0 aromatic heterocycles.